The third kappa shape index (κ3) is 39.4. The van der Waals surface area contributed by atoms with Crippen molar-refractivity contribution >= 4 is 0 Å². The average molecular weight is 873 g/mol. The van der Waals surface area contributed by atoms with E-state index in [1.54, 1.807) is 9.80 Å². The molecular formula is C10H30Br6N4ORb2. The van der Waals surface area contributed by atoms with Crippen molar-refractivity contribution in [1.29, 1.82) is 0 Å². The molecule has 0 saturated carbocycles. The van der Waals surface area contributed by atoms with Gasteiger partial charge in [0.05, 0.1) is 14.1 Å². The van der Waals surface area contributed by atoms with Gasteiger partial charge in [-0.15, -0.1) is 0 Å². The summed E-state index contributed by atoms with van der Waals surface area (Å²) in [5.74, 6) is 0. The minimum atomic E-state index is 0. The first-order valence-corrected chi connectivity index (χ1v) is 6.05. The van der Waals surface area contributed by atoms with Gasteiger partial charge in [-0.25, -0.2) is 0 Å². The van der Waals surface area contributed by atoms with Crippen molar-refractivity contribution in [2.45, 2.75) is 0 Å². The molecule has 2 rings (SSSR count). The van der Waals surface area contributed by atoms with E-state index in [4.69, 9.17) is 0 Å². The third-order valence-electron chi connectivity index (χ3n) is 3.10. The maximum absolute atomic E-state index is 2.38. The molecule has 2 aliphatic heterocycles. The van der Waals surface area contributed by atoms with Gasteiger partial charge in [0.15, 0.2) is 0 Å². The molecule has 0 spiro atoms. The number of likely N-dealkylation sites (N-methyl/N-ethyl adjacent to an activating group) is 2. The van der Waals surface area contributed by atoms with Crippen LogP contribution < -0.4 is 239 Å². The summed E-state index contributed by atoms with van der Waals surface area (Å²) < 4.78 is 0. The summed E-state index contributed by atoms with van der Waals surface area (Å²) in [6, 6.07) is 0. The Kier molecular flexibility index (Phi) is 105. The number of hydrogen-bond donors (Lipinski definition) is 4. The second-order valence-corrected chi connectivity index (χ2v) is 4.65. The number of hydrogen-bond acceptors (Lipinski definition) is 0. The van der Waals surface area contributed by atoms with Gasteiger partial charge in [0, 0.05) is 0 Å². The predicted octanol–water partition coefficient (Wildman–Crippen LogP) is -30.6. The summed E-state index contributed by atoms with van der Waals surface area (Å²) in [5.41, 5.74) is 0. The fraction of sp³-hybridized carbons (Fsp3) is 1.00. The van der Waals surface area contributed by atoms with E-state index in [-0.39, 0.29) is 224 Å². The van der Waals surface area contributed by atoms with Crippen LogP contribution in [0.5, 0.6) is 0 Å². The average Bonchev–Trinajstić information content (AvgIpc) is 2.21. The molecule has 0 aromatic heterocycles. The van der Waals surface area contributed by atoms with E-state index in [2.05, 4.69) is 24.7 Å². The number of halogens is 6. The van der Waals surface area contributed by atoms with E-state index in [1.165, 1.54) is 52.4 Å². The molecule has 13 heteroatoms. The van der Waals surface area contributed by atoms with Gasteiger partial charge in [-0.2, -0.15) is 0 Å². The Morgan fingerprint density at radius 2 is 0.696 bits per heavy atom. The molecule has 0 aromatic carbocycles. The van der Waals surface area contributed by atoms with Crippen LogP contribution in [0, 0.1) is 0 Å². The fourth-order valence-electron chi connectivity index (χ4n) is 1.93. The molecule has 8 N–H and O–H groups in total. The summed E-state index contributed by atoms with van der Waals surface area (Å²) in [5, 5.41) is 4.76. The molecule has 2 fully saturated rings. The van der Waals surface area contributed by atoms with Gasteiger partial charge in [-0.05, 0) is 0 Å². The molecule has 2 saturated heterocycles. The Labute approximate surface area is 303 Å². The zero-order chi connectivity index (χ0) is 10.2. The van der Waals surface area contributed by atoms with E-state index < -0.39 is 0 Å². The van der Waals surface area contributed by atoms with Crippen LogP contribution >= 0.6 is 0 Å². The standard InChI is InChI=1S/2C5H12N2.6BrH.H2O.2Rb/c2*1-7-4-2-6-3-5-7;;;;;;;;;/h2*6H,2-5H2,1H3;6*1H;1H2;;/q;;;;;;;;;2*+1/p-2. The van der Waals surface area contributed by atoms with E-state index in [1.807, 2.05) is 0 Å². The molecule has 0 atom stereocenters. The van der Waals surface area contributed by atoms with E-state index in [0.717, 1.165) is 0 Å². The first-order valence-electron chi connectivity index (χ1n) is 6.05. The van der Waals surface area contributed by atoms with Gasteiger partial charge < -0.3 is 128 Å². The molecule has 0 radical (unpaired) electrons. The summed E-state index contributed by atoms with van der Waals surface area (Å²) in [6.45, 7) is 10.7. The monoisotopic (exact) mass is 866 g/mol. The van der Waals surface area contributed by atoms with Crippen molar-refractivity contribution in [2.75, 3.05) is 66.5 Å². The minimum absolute atomic E-state index is 0. The zero-order valence-corrected chi connectivity index (χ0v) is 33.9. The van der Waals surface area contributed by atoms with Crippen LogP contribution in [0.3, 0.4) is 0 Å². The number of nitrogens with one attached hydrogen (secondary N) is 2. The van der Waals surface area contributed by atoms with Gasteiger partial charge in [0.25, 0.3) is 0 Å². The molecule has 0 aromatic rings. The van der Waals surface area contributed by atoms with Crippen molar-refractivity contribution in [1.82, 2.24) is 0 Å². The maximum Gasteiger partial charge on any atom is 1.00 e. The van der Waals surface area contributed by atoms with Crippen LogP contribution in [0.15, 0.2) is 0 Å². The SMILES string of the molecule is C[NH+]1CC[NH2+]CC1.C[NH+]1CC[NH2+]CC1.O.[Br-].[Br-].[Br-].[Br-].[Br-].[Br-].[Rb+].[Rb+]. The summed E-state index contributed by atoms with van der Waals surface area (Å²) in [4.78, 5) is 3.37. The minimum Gasteiger partial charge on any atom is -1.00 e. The van der Waals surface area contributed by atoms with Gasteiger partial charge in [0.2, 0.25) is 0 Å². The second kappa shape index (κ2) is 42.4. The van der Waals surface area contributed by atoms with Crippen molar-refractivity contribution in [2.24, 2.45) is 0 Å². The molecule has 2 aliphatic rings. The van der Waals surface area contributed by atoms with Crippen LogP contribution in [-0.4, -0.2) is 71.9 Å². The van der Waals surface area contributed by atoms with Crippen LogP contribution in [0.4, 0.5) is 0 Å². The molecular weight excluding hydrogens is 842 g/mol. The number of quaternary nitrogens is 4. The molecule has 5 nitrogen and oxygen atoms in total. The van der Waals surface area contributed by atoms with E-state index >= 15 is 0 Å². The largest absolute Gasteiger partial charge is 1.00 e. The zero-order valence-electron chi connectivity index (χ0n) is 14.6. The van der Waals surface area contributed by atoms with Gasteiger partial charge >= 0.3 is 116 Å². The summed E-state index contributed by atoms with van der Waals surface area (Å²) in [6.07, 6.45) is 0. The molecule has 2 heterocycles. The fourth-order valence-corrected chi connectivity index (χ4v) is 1.93. The van der Waals surface area contributed by atoms with Crippen molar-refractivity contribution < 1.29 is 244 Å². The Bertz CT molecular complexity index is 145. The Hall–Kier alpha value is 6.29. The quantitative estimate of drug-likeness (QED) is 0.187. The van der Waals surface area contributed by atoms with Crippen molar-refractivity contribution in [3.05, 3.63) is 0 Å². The number of nitrogens with two attached hydrogens (primary N) is 2. The maximum atomic E-state index is 2.38. The van der Waals surface area contributed by atoms with Crippen LogP contribution in [0.2, 0.25) is 0 Å². The van der Waals surface area contributed by atoms with Gasteiger partial charge in [-0.1, -0.05) is 0 Å². The molecule has 0 amide bonds. The van der Waals surface area contributed by atoms with E-state index in [0.29, 0.717) is 0 Å². The smallest absolute Gasteiger partial charge is 1.00 e. The summed E-state index contributed by atoms with van der Waals surface area (Å²) in [7, 11) is 4.51. The molecule has 0 unspecified atom stereocenters. The number of rotatable bonds is 0. The molecule has 23 heavy (non-hydrogen) atoms. The Morgan fingerprint density at radius 1 is 0.522 bits per heavy atom. The van der Waals surface area contributed by atoms with Crippen LogP contribution in [0.25, 0.3) is 0 Å². The van der Waals surface area contributed by atoms with Gasteiger partial charge in [-0.3, -0.25) is 0 Å². The molecule has 140 valence electrons. The van der Waals surface area contributed by atoms with Crippen LogP contribution in [0.1, 0.15) is 0 Å². The number of piperazine rings is 2. The normalized spacial score (nSPS) is 15.4. The van der Waals surface area contributed by atoms with Crippen molar-refractivity contribution in [3.63, 3.8) is 0 Å². The first kappa shape index (κ1) is 56.9. The topological polar surface area (TPSA) is 73.6 Å². The predicted molar refractivity (Wildman–Crippen MR) is 60.2 cm³/mol. The Morgan fingerprint density at radius 3 is 0.783 bits per heavy atom. The second-order valence-electron chi connectivity index (χ2n) is 4.65. The third-order valence-corrected chi connectivity index (χ3v) is 3.10. The van der Waals surface area contributed by atoms with Crippen molar-refractivity contribution in [3.8, 4) is 0 Å². The van der Waals surface area contributed by atoms with E-state index in [9.17, 15) is 0 Å². The first-order chi connectivity index (χ1) is 6.79. The van der Waals surface area contributed by atoms with Crippen LogP contribution in [-0.2, 0) is 0 Å². The molecule has 0 aliphatic carbocycles. The summed E-state index contributed by atoms with van der Waals surface area (Å²) >= 11 is 0. The molecule has 0 bridgehead atoms. The van der Waals surface area contributed by atoms with Gasteiger partial charge in [0.1, 0.15) is 52.4 Å². The Balaban J connectivity index is -0.0000000175.